The normalized spacial score (nSPS) is 42.4. The topological polar surface area (TPSA) is 26.3 Å². The molecule has 2 aliphatic carbocycles. The number of carbonyl (C=O) groups excluding carboxylic acids is 1. The van der Waals surface area contributed by atoms with Crippen molar-refractivity contribution in [1.29, 1.82) is 0 Å². The number of carbonyl (C=O) groups is 1. The molecular formula is C16H28O2. The molecule has 0 radical (unpaired) electrons. The van der Waals surface area contributed by atoms with Crippen molar-refractivity contribution in [3.63, 3.8) is 0 Å². The molecule has 18 heavy (non-hydrogen) atoms. The van der Waals surface area contributed by atoms with Crippen molar-refractivity contribution in [3.8, 4) is 0 Å². The molecule has 2 rings (SSSR count). The van der Waals surface area contributed by atoms with Gasteiger partial charge in [0.1, 0.15) is 5.60 Å². The number of rotatable bonds is 3. The fraction of sp³-hybridized carbons (Fsp3) is 0.938. The minimum Gasteiger partial charge on any atom is -0.459 e. The first-order valence-electron chi connectivity index (χ1n) is 7.46. The van der Waals surface area contributed by atoms with E-state index in [1.54, 1.807) is 0 Å². The van der Waals surface area contributed by atoms with E-state index in [4.69, 9.17) is 4.74 Å². The van der Waals surface area contributed by atoms with Crippen LogP contribution < -0.4 is 0 Å². The SMILES string of the molecule is CCC1CCCC(C)(OC(=O)C2(C)CC2(C)C)C1. The van der Waals surface area contributed by atoms with E-state index < -0.39 is 0 Å². The van der Waals surface area contributed by atoms with Gasteiger partial charge in [0.2, 0.25) is 0 Å². The molecule has 3 atom stereocenters. The zero-order chi connectivity index (χ0) is 13.6. The third kappa shape index (κ3) is 2.31. The summed E-state index contributed by atoms with van der Waals surface area (Å²) in [4.78, 5) is 12.4. The Balaban J connectivity index is 1.99. The van der Waals surface area contributed by atoms with Gasteiger partial charge in [-0.15, -0.1) is 0 Å². The van der Waals surface area contributed by atoms with E-state index in [1.165, 1.54) is 19.3 Å². The Morgan fingerprint density at radius 3 is 2.39 bits per heavy atom. The molecule has 0 aromatic heterocycles. The zero-order valence-corrected chi connectivity index (χ0v) is 12.6. The van der Waals surface area contributed by atoms with Gasteiger partial charge < -0.3 is 4.74 Å². The van der Waals surface area contributed by atoms with Gasteiger partial charge >= 0.3 is 5.97 Å². The van der Waals surface area contributed by atoms with Gasteiger partial charge in [0.15, 0.2) is 0 Å². The predicted octanol–water partition coefficient (Wildman–Crippen LogP) is 4.32. The maximum Gasteiger partial charge on any atom is 0.312 e. The van der Waals surface area contributed by atoms with E-state index in [0.717, 1.165) is 25.2 Å². The van der Waals surface area contributed by atoms with Crippen molar-refractivity contribution >= 4 is 5.97 Å². The molecule has 2 aliphatic rings. The highest BCUT2D eigenvalue weighted by molar-refractivity contribution is 5.81. The summed E-state index contributed by atoms with van der Waals surface area (Å²) in [5.74, 6) is 0.767. The van der Waals surface area contributed by atoms with Crippen molar-refractivity contribution < 1.29 is 9.53 Å². The third-order valence-electron chi connectivity index (χ3n) is 5.57. The summed E-state index contributed by atoms with van der Waals surface area (Å²) in [5, 5.41) is 0. The van der Waals surface area contributed by atoms with Crippen molar-refractivity contribution in [2.24, 2.45) is 16.7 Å². The number of ether oxygens (including phenoxy) is 1. The summed E-state index contributed by atoms with van der Waals surface area (Å²) < 4.78 is 5.93. The second-order valence-corrected chi connectivity index (χ2v) is 7.60. The van der Waals surface area contributed by atoms with E-state index in [9.17, 15) is 4.79 Å². The van der Waals surface area contributed by atoms with Gasteiger partial charge in [-0.1, -0.05) is 33.6 Å². The number of hydrogen-bond donors (Lipinski definition) is 0. The number of esters is 1. The molecule has 0 aliphatic heterocycles. The van der Waals surface area contributed by atoms with Crippen LogP contribution in [0.15, 0.2) is 0 Å². The third-order valence-corrected chi connectivity index (χ3v) is 5.57. The lowest BCUT2D eigenvalue weighted by molar-refractivity contribution is -0.170. The highest BCUT2D eigenvalue weighted by Gasteiger charge is 2.64. The summed E-state index contributed by atoms with van der Waals surface area (Å²) in [6.07, 6.45) is 6.74. The average molecular weight is 252 g/mol. The Morgan fingerprint density at radius 1 is 1.28 bits per heavy atom. The zero-order valence-electron chi connectivity index (χ0n) is 12.6. The molecule has 2 saturated carbocycles. The minimum absolute atomic E-state index is 0.0340. The smallest absolute Gasteiger partial charge is 0.312 e. The van der Waals surface area contributed by atoms with Gasteiger partial charge in [-0.25, -0.2) is 0 Å². The van der Waals surface area contributed by atoms with E-state index in [1.807, 2.05) is 0 Å². The monoisotopic (exact) mass is 252 g/mol. The van der Waals surface area contributed by atoms with Gasteiger partial charge in [-0.3, -0.25) is 4.79 Å². The molecule has 2 nitrogen and oxygen atoms in total. The largest absolute Gasteiger partial charge is 0.459 e. The molecule has 3 unspecified atom stereocenters. The first kappa shape index (κ1) is 13.9. The van der Waals surface area contributed by atoms with Crippen LogP contribution in [0.2, 0.25) is 0 Å². The second-order valence-electron chi connectivity index (χ2n) is 7.60. The molecule has 0 N–H and O–H groups in total. The Hall–Kier alpha value is -0.530. The van der Waals surface area contributed by atoms with Gasteiger partial charge in [0.25, 0.3) is 0 Å². The van der Waals surface area contributed by atoms with Crippen molar-refractivity contribution in [2.45, 2.75) is 78.7 Å². The first-order valence-corrected chi connectivity index (χ1v) is 7.46. The predicted molar refractivity (Wildman–Crippen MR) is 73.3 cm³/mol. The molecule has 0 aromatic rings. The van der Waals surface area contributed by atoms with Crippen LogP contribution in [0.4, 0.5) is 0 Å². The van der Waals surface area contributed by atoms with Crippen LogP contribution in [0.5, 0.6) is 0 Å². The van der Waals surface area contributed by atoms with Crippen LogP contribution in [0.25, 0.3) is 0 Å². The first-order chi connectivity index (χ1) is 8.22. The van der Waals surface area contributed by atoms with Crippen LogP contribution in [-0.4, -0.2) is 11.6 Å². The Bertz CT molecular complexity index is 347. The summed E-state index contributed by atoms with van der Waals surface area (Å²) in [6, 6.07) is 0. The van der Waals surface area contributed by atoms with Crippen LogP contribution in [0.1, 0.15) is 73.1 Å². The van der Waals surface area contributed by atoms with Gasteiger partial charge in [-0.05, 0) is 50.9 Å². The van der Waals surface area contributed by atoms with Crippen LogP contribution in [0.3, 0.4) is 0 Å². The standard InChI is InChI=1S/C16H28O2/c1-6-12-8-7-9-15(4,10-12)18-13(17)16(5)11-14(16,2)3/h12H,6-11H2,1-5H3. The molecule has 2 heteroatoms. The molecule has 0 aromatic carbocycles. The second kappa shape index (κ2) is 4.25. The Kier molecular flexibility index (Phi) is 3.28. The van der Waals surface area contributed by atoms with Gasteiger partial charge in [0, 0.05) is 0 Å². The lowest BCUT2D eigenvalue weighted by Gasteiger charge is -2.38. The molecule has 0 bridgehead atoms. The Labute approximate surface area is 111 Å². The van der Waals surface area contributed by atoms with Crippen molar-refractivity contribution in [3.05, 3.63) is 0 Å². The fourth-order valence-corrected chi connectivity index (χ4v) is 3.55. The highest BCUT2D eigenvalue weighted by atomic mass is 16.6. The highest BCUT2D eigenvalue weighted by Crippen LogP contribution is 2.64. The molecule has 104 valence electrons. The van der Waals surface area contributed by atoms with Gasteiger partial charge in [0.05, 0.1) is 5.41 Å². The quantitative estimate of drug-likeness (QED) is 0.699. The molecule has 0 spiro atoms. The van der Waals surface area contributed by atoms with Crippen LogP contribution in [-0.2, 0) is 9.53 Å². The lowest BCUT2D eigenvalue weighted by atomic mass is 9.78. The number of hydrogen-bond acceptors (Lipinski definition) is 2. The minimum atomic E-state index is -0.241. The van der Waals surface area contributed by atoms with Crippen LogP contribution in [0, 0.1) is 16.7 Å². The van der Waals surface area contributed by atoms with E-state index >= 15 is 0 Å². The maximum absolute atomic E-state index is 12.4. The summed E-state index contributed by atoms with van der Waals surface area (Å²) >= 11 is 0. The molecule has 0 amide bonds. The summed E-state index contributed by atoms with van der Waals surface area (Å²) in [6.45, 7) is 10.7. The Morgan fingerprint density at radius 2 is 1.89 bits per heavy atom. The van der Waals surface area contributed by atoms with E-state index in [2.05, 4.69) is 34.6 Å². The molecule has 0 heterocycles. The van der Waals surface area contributed by atoms with Crippen LogP contribution >= 0.6 is 0 Å². The lowest BCUT2D eigenvalue weighted by Crippen LogP contribution is -2.39. The maximum atomic E-state index is 12.4. The fourth-order valence-electron chi connectivity index (χ4n) is 3.55. The molecule has 0 saturated heterocycles. The summed E-state index contributed by atoms with van der Waals surface area (Å²) in [7, 11) is 0. The van der Waals surface area contributed by atoms with E-state index in [-0.39, 0.29) is 22.4 Å². The van der Waals surface area contributed by atoms with Crippen molar-refractivity contribution in [2.75, 3.05) is 0 Å². The summed E-state index contributed by atoms with van der Waals surface area (Å²) in [5.41, 5.74) is -0.327. The average Bonchev–Trinajstić information content (AvgIpc) is 2.79. The van der Waals surface area contributed by atoms with Crippen molar-refractivity contribution in [1.82, 2.24) is 0 Å². The van der Waals surface area contributed by atoms with E-state index in [0.29, 0.717) is 0 Å². The van der Waals surface area contributed by atoms with Gasteiger partial charge in [-0.2, -0.15) is 0 Å². The molecule has 2 fully saturated rings. The molecular weight excluding hydrogens is 224 g/mol.